The van der Waals surface area contributed by atoms with E-state index in [-0.39, 0.29) is 5.41 Å². The van der Waals surface area contributed by atoms with Crippen LogP contribution in [0.3, 0.4) is 0 Å². The monoisotopic (exact) mass is 361 g/mol. The number of guanidine groups is 1. The minimum atomic E-state index is 0.0889. The van der Waals surface area contributed by atoms with Crippen LogP contribution in [0.15, 0.2) is 41.7 Å². The molecule has 0 unspecified atom stereocenters. The molecule has 1 aromatic heterocycles. The van der Waals surface area contributed by atoms with Gasteiger partial charge in [0, 0.05) is 38.4 Å². The van der Waals surface area contributed by atoms with Crippen LogP contribution < -0.4 is 10.6 Å². The number of hydrogen-bond acceptors (Lipinski definition) is 2. The summed E-state index contributed by atoms with van der Waals surface area (Å²) in [4.78, 5) is 4.30. The Bertz CT molecular complexity index is 705. The lowest BCUT2D eigenvalue weighted by molar-refractivity contribution is 0.359. The summed E-state index contributed by atoms with van der Waals surface area (Å²) < 4.78 is 1.82. The molecular formula is C19H28ClN5. The fourth-order valence-electron chi connectivity index (χ4n) is 2.73. The van der Waals surface area contributed by atoms with E-state index < -0.39 is 0 Å². The Morgan fingerprint density at radius 2 is 2.08 bits per heavy atom. The topological polar surface area (TPSA) is 54.2 Å². The second-order valence-corrected chi connectivity index (χ2v) is 7.53. The Morgan fingerprint density at radius 1 is 1.28 bits per heavy atom. The first-order chi connectivity index (χ1) is 11.9. The van der Waals surface area contributed by atoms with Crippen molar-refractivity contribution < 1.29 is 0 Å². The first kappa shape index (κ1) is 19.3. The molecule has 0 bridgehead atoms. The predicted molar refractivity (Wildman–Crippen MR) is 105 cm³/mol. The lowest BCUT2D eigenvalue weighted by Gasteiger charge is -2.26. The highest BCUT2D eigenvalue weighted by molar-refractivity contribution is 6.30. The van der Waals surface area contributed by atoms with Crippen molar-refractivity contribution in [2.45, 2.75) is 26.7 Å². The van der Waals surface area contributed by atoms with Gasteiger partial charge in [-0.3, -0.25) is 9.67 Å². The lowest BCUT2D eigenvalue weighted by Crippen LogP contribution is -2.43. The number of aliphatic imine (C=N–C) groups is 1. The molecule has 2 N–H and O–H groups in total. The number of hydrogen-bond donors (Lipinski definition) is 2. The molecule has 0 saturated carbocycles. The molecule has 0 aliphatic carbocycles. The van der Waals surface area contributed by atoms with Gasteiger partial charge in [-0.2, -0.15) is 5.10 Å². The zero-order valence-electron chi connectivity index (χ0n) is 15.5. The summed E-state index contributed by atoms with van der Waals surface area (Å²) in [7, 11) is 3.72. The van der Waals surface area contributed by atoms with Gasteiger partial charge in [-0.15, -0.1) is 0 Å². The summed E-state index contributed by atoms with van der Waals surface area (Å²) in [6.07, 6.45) is 5.80. The number of halogens is 1. The second-order valence-electron chi connectivity index (χ2n) is 7.10. The molecule has 1 heterocycles. The van der Waals surface area contributed by atoms with Gasteiger partial charge in [0.15, 0.2) is 5.96 Å². The van der Waals surface area contributed by atoms with Gasteiger partial charge < -0.3 is 10.6 Å². The number of aryl methyl sites for hydroxylation is 1. The minimum Gasteiger partial charge on any atom is -0.356 e. The van der Waals surface area contributed by atoms with Crippen LogP contribution in [0.25, 0.3) is 0 Å². The van der Waals surface area contributed by atoms with E-state index in [0.717, 1.165) is 36.9 Å². The van der Waals surface area contributed by atoms with Crippen molar-refractivity contribution in [2.24, 2.45) is 17.5 Å². The van der Waals surface area contributed by atoms with Gasteiger partial charge in [0.05, 0.1) is 6.20 Å². The molecule has 0 spiro atoms. The van der Waals surface area contributed by atoms with Gasteiger partial charge >= 0.3 is 0 Å². The van der Waals surface area contributed by atoms with Gasteiger partial charge in [-0.25, -0.2) is 0 Å². The number of benzene rings is 1. The van der Waals surface area contributed by atoms with E-state index in [1.165, 1.54) is 11.1 Å². The molecule has 1 aromatic carbocycles. The van der Waals surface area contributed by atoms with Gasteiger partial charge in [0.2, 0.25) is 0 Å². The largest absolute Gasteiger partial charge is 0.356 e. The van der Waals surface area contributed by atoms with Crippen molar-refractivity contribution in [3.8, 4) is 0 Å². The zero-order chi connectivity index (χ0) is 18.3. The SMILES string of the molecule is CN=C(NCCc1cnn(C)c1)NCC(C)(C)Cc1cccc(Cl)c1. The molecule has 5 nitrogen and oxygen atoms in total. The first-order valence-electron chi connectivity index (χ1n) is 8.54. The minimum absolute atomic E-state index is 0.0889. The van der Waals surface area contributed by atoms with Crippen molar-refractivity contribution in [3.05, 3.63) is 52.8 Å². The zero-order valence-corrected chi connectivity index (χ0v) is 16.3. The highest BCUT2D eigenvalue weighted by Gasteiger charge is 2.19. The van der Waals surface area contributed by atoms with Crippen LogP contribution in [0, 0.1) is 5.41 Å². The van der Waals surface area contributed by atoms with Crippen molar-refractivity contribution in [3.63, 3.8) is 0 Å². The molecular weight excluding hydrogens is 334 g/mol. The van der Waals surface area contributed by atoms with E-state index >= 15 is 0 Å². The van der Waals surface area contributed by atoms with Gasteiger partial charge in [-0.05, 0) is 41.5 Å². The number of rotatable bonds is 7. The molecule has 0 fully saturated rings. The Kier molecular flexibility index (Phi) is 6.88. The van der Waals surface area contributed by atoms with Crippen LogP contribution in [-0.2, 0) is 19.9 Å². The predicted octanol–water partition coefficient (Wildman–Crippen LogP) is 3.05. The van der Waals surface area contributed by atoms with Crippen molar-refractivity contribution in [1.29, 1.82) is 0 Å². The van der Waals surface area contributed by atoms with E-state index in [1.807, 2.05) is 42.3 Å². The molecule has 0 aliphatic heterocycles. The Labute approximate surface area is 155 Å². The standard InChI is InChI=1S/C19H28ClN5/c1-19(2,11-15-6-5-7-17(20)10-15)14-23-18(21-3)22-9-8-16-12-24-25(4)13-16/h5-7,10,12-13H,8-9,11,14H2,1-4H3,(H2,21,22,23). The van der Waals surface area contributed by atoms with E-state index in [1.54, 1.807) is 7.05 Å². The third kappa shape index (κ3) is 6.78. The maximum atomic E-state index is 6.08. The normalized spacial score (nSPS) is 12.3. The fraction of sp³-hybridized carbons (Fsp3) is 0.474. The van der Waals surface area contributed by atoms with Crippen LogP contribution in [0.2, 0.25) is 5.02 Å². The van der Waals surface area contributed by atoms with E-state index in [2.05, 4.69) is 40.6 Å². The molecule has 0 saturated heterocycles. The summed E-state index contributed by atoms with van der Waals surface area (Å²) in [6.45, 7) is 6.12. The highest BCUT2D eigenvalue weighted by atomic mass is 35.5. The fourth-order valence-corrected chi connectivity index (χ4v) is 2.94. The van der Waals surface area contributed by atoms with E-state index in [9.17, 15) is 0 Å². The Morgan fingerprint density at radius 3 is 2.72 bits per heavy atom. The third-order valence-corrected chi connectivity index (χ3v) is 4.23. The van der Waals surface area contributed by atoms with Crippen molar-refractivity contribution in [1.82, 2.24) is 20.4 Å². The molecule has 0 atom stereocenters. The van der Waals surface area contributed by atoms with Gasteiger partial charge in [0.1, 0.15) is 0 Å². The average Bonchev–Trinajstić information content (AvgIpc) is 2.95. The van der Waals surface area contributed by atoms with E-state index in [0.29, 0.717) is 0 Å². The smallest absolute Gasteiger partial charge is 0.191 e. The first-order valence-corrected chi connectivity index (χ1v) is 8.92. The Balaban J connectivity index is 1.78. The van der Waals surface area contributed by atoms with Crippen molar-refractivity contribution in [2.75, 3.05) is 20.1 Å². The van der Waals surface area contributed by atoms with Crippen LogP contribution in [0.4, 0.5) is 0 Å². The quantitative estimate of drug-likeness (QED) is 0.588. The third-order valence-electron chi connectivity index (χ3n) is 3.99. The maximum absolute atomic E-state index is 6.08. The van der Waals surface area contributed by atoms with Crippen molar-refractivity contribution >= 4 is 17.6 Å². The van der Waals surface area contributed by atoms with Crippen LogP contribution in [0.1, 0.15) is 25.0 Å². The number of aromatic nitrogens is 2. The summed E-state index contributed by atoms with van der Waals surface area (Å²) in [5.74, 6) is 0.822. The van der Waals surface area contributed by atoms with Gasteiger partial charge in [0.25, 0.3) is 0 Å². The number of nitrogens with one attached hydrogen (secondary N) is 2. The summed E-state index contributed by atoms with van der Waals surface area (Å²) in [5.41, 5.74) is 2.55. The van der Waals surface area contributed by atoms with E-state index in [4.69, 9.17) is 11.6 Å². The van der Waals surface area contributed by atoms with Crippen LogP contribution in [-0.4, -0.2) is 35.9 Å². The summed E-state index contributed by atoms with van der Waals surface area (Å²) >= 11 is 6.08. The molecule has 0 aliphatic rings. The molecule has 2 aromatic rings. The molecule has 2 rings (SSSR count). The molecule has 6 heteroatoms. The molecule has 136 valence electrons. The lowest BCUT2D eigenvalue weighted by atomic mass is 9.86. The molecule has 0 amide bonds. The Hall–Kier alpha value is -2.01. The molecule has 0 radical (unpaired) electrons. The molecule has 25 heavy (non-hydrogen) atoms. The summed E-state index contributed by atoms with van der Waals surface area (Å²) in [6, 6.07) is 8.06. The summed E-state index contributed by atoms with van der Waals surface area (Å²) in [5, 5.41) is 11.7. The maximum Gasteiger partial charge on any atom is 0.191 e. The van der Waals surface area contributed by atoms with Crippen LogP contribution in [0.5, 0.6) is 0 Å². The number of nitrogens with zero attached hydrogens (tertiary/aromatic N) is 3. The second kappa shape index (κ2) is 8.90. The van der Waals surface area contributed by atoms with Crippen LogP contribution >= 0.6 is 11.6 Å². The average molecular weight is 362 g/mol. The highest BCUT2D eigenvalue weighted by Crippen LogP contribution is 2.22. The van der Waals surface area contributed by atoms with Gasteiger partial charge in [-0.1, -0.05) is 37.6 Å².